The average molecular weight is 911 g/mol. The first-order valence-electron chi connectivity index (χ1n) is 24.1. The molecule has 0 amide bonds. The summed E-state index contributed by atoms with van der Waals surface area (Å²) in [7, 11) is 0. The standard InChI is InChI=1S/C64H58N6/c1-39-32-41(3)59(42(4)33-39)70(60-43(5)34-40(2)35-44(60)6)62-47(9)45(7)46(8)61(48(62)10)69(57-37-55(50-23-14-11-15-24-50)65-63(67-57)51-25-16-12-17-26-51)58-38-56(66-64(68-58)52-27-18-13-19-28-52)54-31-30-49-22-20-21-29-53(49)36-54/h11-38H,1-10H3. The minimum atomic E-state index is 0.615. The van der Waals surface area contributed by atoms with Gasteiger partial charge in [-0.1, -0.05) is 163 Å². The maximum atomic E-state index is 5.59. The van der Waals surface area contributed by atoms with E-state index in [2.05, 4.69) is 206 Å². The Morgan fingerprint density at radius 2 is 0.686 bits per heavy atom. The van der Waals surface area contributed by atoms with E-state index in [0.29, 0.717) is 23.3 Å². The molecule has 0 atom stereocenters. The Bertz CT molecular complexity index is 3440. The molecule has 0 spiro atoms. The second-order valence-corrected chi connectivity index (χ2v) is 18.9. The van der Waals surface area contributed by atoms with Gasteiger partial charge in [0.2, 0.25) is 0 Å². The molecule has 70 heavy (non-hydrogen) atoms. The lowest BCUT2D eigenvalue weighted by atomic mass is 9.91. The van der Waals surface area contributed by atoms with Crippen LogP contribution in [-0.4, -0.2) is 19.9 Å². The molecule has 0 aliphatic rings. The van der Waals surface area contributed by atoms with Crippen LogP contribution in [0, 0.1) is 69.2 Å². The van der Waals surface area contributed by atoms with Crippen LogP contribution in [0.25, 0.3) is 56.1 Å². The van der Waals surface area contributed by atoms with Gasteiger partial charge in [0.05, 0.1) is 34.1 Å². The lowest BCUT2D eigenvalue weighted by molar-refractivity contribution is 1.05. The molecule has 2 aromatic heterocycles. The fraction of sp³-hybridized carbons (Fsp3) is 0.156. The van der Waals surface area contributed by atoms with Crippen molar-refractivity contribution in [2.75, 3.05) is 9.80 Å². The van der Waals surface area contributed by atoms with Gasteiger partial charge in [0.25, 0.3) is 0 Å². The Kier molecular flexibility index (Phi) is 12.2. The quantitative estimate of drug-likeness (QED) is 0.136. The van der Waals surface area contributed by atoms with Gasteiger partial charge in [0, 0.05) is 34.4 Å². The molecule has 0 aliphatic carbocycles. The van der Waals surface area contributed by atoms with Gasteiger partial charge in [-0.05, 0) is 131 Å². The number of fused-ring (bicyclic) bond motifs is 1. The number of hydrogen-bond donors (Lipinski definition) is 0. The largest absolute Gasteiger partial charge is 0.309 e. The molecule has 344 valence electrons. The number of nitrogens with zero attached hydrogens (tertiary/aromatic N) is 6. The van der Waals surface area contributed by atoms with Crippen LogP contribution in [0.4, 0.5) is 34.4 Å². The van der Waals surface area contributed by atoms with E-state index < -0.39 is 0 Å². The van der Waals surface area contributed by atoms with Crippen molar-refractivity contribution in [3.05, 3.63) is 225 Å². The number of aromatic nitrogens is 4. The minimum Gasteiger partial charge on any atom is -0.309 e. The van der Waals surface area contributed by atoms with Crippen LogP contribution < -0.4 is 9.80 Å². The summed E-state index contributed by atoms with van der Waals surface area (Å²) < 4.78 is 0. The SMILES string of the molecule is Cc1cc(C)c(N(c2c(C)cc(C)cc2C)c2c(C)c(C)c(C)c(N(c3cc(-c4ccccc4)nc(-c4ccccc4)n3)c3cc(-c4ccc5ccccc5c4)nc(-c4ccccc4)n3)c2C)c(C)c1. The zero-order valence-corrected chi connectivity index (χ0v) is 41.8. The molecule has 10 rings (SSSR count). The number of benzene rings is 8. The average Bonchev–Trinajstić information content (AvgIpc) is 3.36. The summed E-state index contributed by atoms with van der Waals surface area (Å²) in [5.74, 6) is 2.61. The lowest BCUT2D eigenvalue weighted by Gasteiger charge is -2.37. The number of rotatable bonds is 10. The van der Waals surface area contributed by atoms with Crippen molar-refractivity contribution in [1.29, 1.82) is 0 Å². The zero-order valence-electron chi connectivity index (χ0n) is 41.8. The van der Waals surface area contributed by atoms with Crippen LogP contribution in [0.2, 0.25) is 0 Å². The fourth-order valence-electron chi connectivity index (χ4n) is 10.5. The number of anilines is 6. The normalized spacial score (nSPS) is 11.3. The van der Waals surface area contributed by atoms with E-state index in [4.69, 9.17) is 19.9 Å². The molecule has 2 heterocycles. The molecule has 0 N–H and O–H groups in total. The highest BCUT2D eigenvalue weighted by Gasteiger charge is 2.31. The summed E-state index contributed by atoms with van der Waals surface area (Å²) in [4.78, 5) is 26.6. The summed E-state index contributed by atoms with van der Waals surface area (Å²) in [5, 5.41) is 2.31. The first-order chi connectivity index (χ1) is 33.8. The fourth-order valence-corrected chi connectivity index (χ4v) is 10.5. The Labute approximate surface area is 413 Å². The summed E-state index contributed by atoms with van der Waals surface area (Å²) in [5.41, 5.74) is 21.9. The van der Waals surface area contributed by atoms with Crippen LogP contribution >= 0.6 is 0 Å². The summed E-state index contributed by atoms with van der Waals surface area (Å²) in [6.07, 6.45) is 0. The maximum absolute atomic E-state index is 5.59. The van der Waals surface area contributed by atoms with E-state index in [9.17, 15) is 0 Å². The van der Waals surface area contributed by atoms with Crippen LogP contribution in [0.15, 0.2) is 170 Å². The molecule has 6 nitrogen and oxygen atoms in total. The van der Waals surface area contributed by atoms with Crippen molar-refractivity contribution in [2.24, 2.45) is 0 Å². The predicted molar refractivity (Wildman–Crippen MR) is 294 cm³/mol. The Balaban J connectivity index is 1.35. The Morgan fingerprint density at radius 3 is 1.16 bits per heavy atom. The second-order valence-electron chi connectivity index (χ2n) is 18.9. The van der Waals surface area contributed by atoms with E-state index in [1.807, 2.05) is 42.5 Å². The van der Waals surface area contributed by atoms with E-state index in [1.54, 1.807) is 0 Å². The second kappa shape index (κ2) is 18.7. The number of hydrogen-bond acceptors (Lipinski definition) is 6. The van der Waals surface area contributed by atoms with E-state index >= 15 is 0 Å². The summed E-state index contributed by atoms with van der Waals surface area (Å²) in [6.45, 7) is 22.4. The maximum Gasteiger partial charge on any atom is 0.162 e. The molecule has 0 bridgehead atoms. The van der Waals surface area contributed by atoms with Crippen LogP contribution in [0.5, 0.6) is 0 Å². The van der Waals surface area contributed by atoms with Crippen molar-refractivity contribution in [3.8, 4) is 45.3 Å². The van der Waals surface area contributed by atoms with Crippen LogP contribution in [0.3, 0.4) is 0 Å². The molecule has 0 fully saturated rings. The van der Waals surface area contributed by atoms with E-state index in [0.717, 1.165) is 61.5 Å². The highest BCUT2D eigenvalue weighted by atomic mass is 15.3. The molecule has 10 aromatic rings. The molecule has 0 saturated carbocycles. The van der Waals surface area contributed by atoms with Gasteiger partial charge in [-0.15, -0.1) is 0 Å². The van der Waals surface area contributed by atoms with Crippen molar-refractivity contribution in [2.45, 2.75) is 69.2 Å². The first-order valence-corrected chi connectivity index (χ1v) is 24.1. The van der Waals surface area contributed by atoms with Crippen LogP contribution in [0.1, 0.15) is 55.6 Å². The molecule has 0 unspecified atom stereocenters. The monoisotopic (exact) mass is 910 g/mol. The summed E-state index contributed by atoms with van der Waals surface area (Å²) in [6, 6.07) is 59.5. The third-order valence-electron chi connectivity index (χ3n) is 13.8. The van der Waals surface area contributed by atoms with Gasteiger partial charge >= 0.3 is 0 Å². The molecule has 6 heteroatoms. The van der Waals surface area contributed by atoms with Gasteiger partial charge in [0.1, 0.15) is 11.6 Å². The van der Waals surface area contributed by atoms with Crippen LogP contribution in [-0.2, 0) is 0 Å². The molecular weight excluding hydrogens is 853 g/mol. The Hall–Kier alpha value is -8.22. The van der Waals surface area contributed by atoms with Gasteiger partial charge < -0.3 is 4.90 Å². The smallest absolute Gasteiger partial charge is 0.162 e. The van der Waals surface area contributed by atoms with Gasteiger partial charge in [-0.25, -0.2) is 19.9 Å². The highest BCUT2D eigenvalue weighted by Crippen LogP contribution is 2.51. The number of aryl methyl sites for hydroxylation is 6. The van der Waals surface area contributed by atoms with Crippen molar-refractivity contribution >= 4 is 45.2 Å². The minimum absolute atomic E-state index is 0.615. The van der Waals surface area contributed by atoms with Gasteiger partial charge in [-0.2, -0.15) is 0 Å². The zero-order chi connectivity index (χ0) is 48.8. The van der Waals surface area contributed by atoms with Gasteiger partial charge in [0.15, 0.2) is 11.6 Å². The topological polar surface area (TPSA) is 58.0 Å². The van der Waals surface area contributed by atoms with Crippen molar-refractivity contribution in [1.82, 2.24) is 19.9 Å². The molecule has 0 saturated heterocycles. The molecule has 0 aliphatic heterocycles. The third kappa shape index (κ3) is 8.51. The highest BCUT2D eigenvalue weighted by molar-refractivity contribution is 5.94. The lowest BCUT2D eigenvalue weighted by Crippen LogP contribution is -2.22. The third-order valence-corrected chi connectivity index (χ3v) is 13.8. The molecule has 0 radical (unpaired) electrons. The Morgan fingerprint density at radius 1 is 0.286 bits per heavy atom. The summed E-state index contributed by atoms with van der Waals surface area (Å²) >= 11 is 0. The van der Waals surface area contributed by atoms with Crippen molar-refractivity contribution in [3.63, 3.8) is 0 Å². The molecule has 8 aromatic carbocycles. The van der Waals surface area contributed by atoms with Crippen molar-refractivity contribution < 1.29 is 0 Å². The van der Waals surface area contributed by atoms with E-state index in [-0.39, 0.29) is 0 Å². The molecular formula is C64H58N6. The predicted octanol–water partition coefficient (Wildman–Crippen LogP) is 17.1. The van der Waals surface area contributed by atoms with E-state index in [1.165, 1.54) is 61.3 Å². The first kappa shape index (κ1) is 45.6. The van der Waals surface area contributed by atoms with Gasteiger partial charge in [-0.3, -0.25) is 4.90 Å².